The van der Waals surface area contributed by atoms with E-state index in [2.05, 4.69) is 20.9 Å². The van der Waals surface area contributed by atoms with Crippen molar-refractivity contribution in [3.63, 3.8) is 0 Å². The smallest absolute Gasteiger partial charge is 0.124 e. The molecule has 1 rings (SSSR count). The van der Waals surface area contributed by atoms with Crippen molar-refractivity contribution in [3.05, 3.63) is 16.7 Å². The molecule has 3 nitrogen and oxygen atoms in total. The SMILES string of the molecule is CO[C@H](C)COc1cc(Br)nc(SC)c1. The highest BCUT2D eigenvalue weighted by molar-refractivity contribution is 9.10. The number of nitrogens with zero attached hydrogens (tertiary/aromatic N) is 1. The van der Waals surface area contributed by atoms with E-state index in [1.54, 1.807) is 18.9 Å². The molecular weight excluding hydrogens is 278 g/mol. The van der Waals surface area contributed by atoms with E-state index in [0.29, 0.717) is 6.61 Å². The highest BCUT2D eigenvalue weighted by atomic mass is 79.9. The van der Waals surface area contributed by atoms with E-state index < -0.39 is 0 Å². The Morgan fingerprint density at radius 3 is 2.87 bits per heavy atom. The maximum absolute atomic E-state index is 5.57. The van der Waals surface area contributed by atoms with Crippen molar-refractivity contribution >= 4 is 27.7 Å². The van der Waals surface area contributed by atoms with Crippen molar-refractivity contribution in [2.75, 3.05) is 20.0 Å². The molecule has 0 spiro atoms. The van der Waals surface area contributed by atoms with E-state index >= 15 is 0 Å². The van der Waals surface area contributed by atoms with Gasteiger partial charge in [0.05, 0.1) is 6.10 Å². The fourth-order valence-corrected chi connectivity index (χ4v) is 1.88. The molecule has 0 fully saturated rings. The summed E-state index contributed by atoms with van der Waals surface area (Å²) in [6.07, 6.45) is 2.07. The Balaban J connectivity index is 2.64. The van der Waals surface area contributed by atoms with E-state index in [9.17, 15) is 0 Å². The van der Waals surface area contributed by atoms with Crippen molar-refractivity contribution in [2.45, 2.75) is 18.1 Å². The number of halogens is 1. The standard InChI is InChI=1S/C10H14BrNO2S/c1-7(13-2)6-14-8-4-9(11)12-10(5-8)15-3/h4-5,7H,6H2,1-3H3/t7-/m1/s1. The van der Waals surface area contributed by atoms with E-state index in [1.165, 1.54) is 0 Å². The predicted molar refractivity (Wildman–Crippen MR) is 65.7 cm³/mol. The van der Waals surface area contributed by atoms with E-state index in [0.717, 1.165) is 15.4 Å². The third-order valence-electron chi connectivity index (χ3n) is 1.84. The van der Waals surface area contributed by atoms with Gasteiger partial charge in [0.15, 0.2) is 0 Å². The van der Waals surface area contributed by atoms with Gasteiger partial charge in [-0.2, -0.15) is 0 Å². The van der Waals surface area contributed by atoms with Gasteiger partial charge in [-0.3, -0.25) is 0 Å². The number of aromatic nitrogens is 1. The summed E-state index contributed by atoms with van der Waals surface area (Å²) in [6, 6.07) is 3.76. The van der Waals surface area contributed by atoms with Gasteiger partial charge in [0.25, 0.3) is 0 Å². The van der Waals surface area contributed by atoms with Crippen molar-refractivity contribution in [2.24, 2.45) is 0 Å². The normalized spacial score (nSPS) is 12.5. The fourth-order valence-electron chi connectivity index (χ4n) is 0.920. The summed E-state index contributed by atoms with van der Waals surface area (Å²) in [5, 5.41) is 0.935. The second-order valence-electron chi connectivity index (χ2n) is 3.03. The van der Waals surface area contributed by atoms with Crippen LogP contribution in [-0.2, 0) is 4.74 Å². The van der Waals surface area contributed by atoms with E-state index in [4.69, 9.17) is 9.47 Å². The largest absolute Gasteiger partial charge is 0.491 e. The molecule has 0 saturated carbocycles. The monoisotopic (exact) mass is 291 g/mol. The summed E-state index contributed by atoms with van der Waals surface area (Å²) in [5.41, 5.74) is 0. The Morgan fingerprint density at radius 2 is 2.27 bits per heavy atom. The summed E-state index contributed by atoms with van der Waals surface area (Å²) >= 11 is 4.93. The van der Waals surface area contributed by atoms with Crippen molar-refractivity contribution < 1.29 is 9.47 Å². The molecule has 84 valence electrons. The molecule has 0 bridgehead atoms. The Labute approximate surface area is 103 Å². The molecule has 1 heterocycles. The Hall–Kier alpha value is -0.260. The van der Waals surface area contributed by atoms with E-state index in [-0.39, 0.29) is 6.10 Å². The molecule has 0 saturated heterocycles. The molecule has 0 aromatic carbocycles. The molecule has 1 aromatic rings. The van der Waals surface area contributed by atoms with E-state index in [1.807, 2.05) is 25.3 Å². The van der Waals surface area contributed by atoms with Crippen molar-refractivity contribution in [1.29, 1.82) is 0 Å². The lowest BCUT2D eigenvalue weighted by atomic mass is 10.4. The Morgan fingerprint density at radius 1 is 1.53 bits per heavy atom. The lowest BCUT2D eigenvalue weighted by Gasteiger charge is -2.12. The van der Waals surface area contributed by atoms with Gasteiger partial charge >= 0.3 is 0 Å². The summed E-state index contributed by atoms with van der Waals surface area (Å²) < 4.78 is 11.5. The zero-order valence-electron chi connectivity index (χ0n) is 8.99. The second kappa shape index (κ2) is 6.35. The van der Waals surface area contributed by atoms with Crippen LogP contribution in [0.15, 0.2) is 21.8 Å². The quantitative estimate of drug-likeness (QED) is 0.617. The Bertz CT molecular complexity index is 322. The minimum Gasteiger partial charge on any atom is -0.491 e. The number of hydrogen-bond acceptors (Lipinski definition) is 4. The second-order valence-corrected chi connectivity index (χ2v) is 4.66. The first kappa shape index (κ1) is 12.8. The van der Waals surface area contributed by atoms with Crippen LogP contribution in [0.5, 0.6) is 5.75 Å². The Kier molecular flexibility index (Phi) is 5.42. The van der Waals surface area contributed by atoms with Gasteiger partial charge in [0.1, 0.15) is 22.0 Å². The molecule has 0 amide bonds. The number of rotatable bonds is 5. The first-order valence-electron chi connectivity index (χ1n) is 4.53. The average molecular weight is 292 g/mol. The maximum atomic E-state index is 5.57. The molecule has 0 unspecified atom stereocenters. The zero-order valence-corrected chi connectivity index (χ0v) is 11.4. The van der Waals surface area contributed by atoms with Crippen LogP contribution in [-0.4, -0.2) is 31.1 Å². The first-order valence-corrected chi connectivity index (χ1v) is 6.54. The predicted octanol–water partition coefficient (Wildman–Crippen LogP) is 2.98. The lowest BCUT2D eigenvalue weighted by molar-refractivity contribution is 0.0715. The molecule has 0 aliphatic rings. The molecule has 1 atom stereocenters. The van der Waals surface area contributed by atoms with Gasteiger partial charge in [-0.15, -0.1) is 11.8 Å². The highest BCUT2D eigenvalue weighted by Gasteiger charge is 2.04. The molecule has 0 N–H and O–H groups in total. The fraction of sp³-hybridized carbons (Fsp3) is 0.500. The summed E-state index contributed by atoms with van der Waals surface area (Å²) in [4.78, 5) is 4.27. The van der Waals surface area contributed by atoms with Crippen molar-refractivity contribution in [3.8, 4) is 5.75 Å². The average Bonchev–Trinajstić information content (AvgIpc) is 2.25. The third-order valence-corrected chi connectivity index (χ3v) is 2.87. The third kappa shape index (κ3) is 4.40. The van der Waals surface area contributed by atoms with Gasteiger partial charge in [0, 0.05) is 19.2 Å². The summed E-state index contributed by atoms with van der Waals surface area (Å²) in [5.74, 6) is 0.810. The molecule has 0 aliphatic heterocycles. The number of methoxy groups -OCH3 is 1. The van der Waals surface area contributed by atoms with Crippen LogP contribution in [0.25, 0.3) is 0 Å². The molecule has 1 aromatic heterocycles. The molecule has 5 heteroatoms. The maximum Gasteiger partial charge on any atom is 0.124 e. The van der Waals surface area contributed by atoms with Gasteiger partial charge in [0.2, 0.25) is 0 Å². The van der Waals surface area contributed by atoms with Crippen LogP contribution < -0.4 is 4.74 Å². The molecule has 0 aliphatic carbocycles. The number of thioether (sulfide) groups is 1. The van der Waals surface area contributed by atoms with Gasteiger partial charge in [-0.05, 0) is 29.1 Å². The van der Waals surface area contributed by atoms with Gasteiger partial charge in [-0.1, -0.05) is 0 Å². The van der Waals surface area contributed by atoms with Gasteiger partial charge < -0.3 is 9.47 Å². The molecule has 15 heavy (non-hydrogen) atoms. The number of hydrogen-bond donors (Lipinski definition) is 0. The number of pyridine rings is 1. The van der Waals surface area contributed by atoms with Crippen LogP contribution >= 0.6 is 27.7 Å². The number of ether oxygens (including phenoxy) is 2. The summed E-state index contributed by atoms with van der Waals surface area (Å²) in [7, 11) is 1.67. The topological polar surface area (TPSA) is 31.4 Å². The first-order chi connectivity index (χ1) is 7.15. The zero-order chi connectivity index (χ0) is 11.3. The van der Waals surface area contributed by atoms with Crippen LogP contribution in [0.1, 0.15) is 6.92 Å². The van der Waals surface area contributed by atoms with Crippen molar-refractivity contribution in [1.82, 2.24) is 4.98 Å². The van der Waals surface area contributed by atoms with Gasteiger partial charge in [-0.25, -0.2) is 4.98 Å². The minimum absolute atomic E-state index is 0.0923. The van der Waals surface area contributed by atoms with Crippen LogP contribution in [0.2, 0.25) is 0 Å². The van der Waals surface area contributed by atoms with Crippen LogP contribution in [0.4, 0.5) is 0 Å². The minimum atomic E-state index is 0.0923. The summed E-state index contributed by atoms with van der Waals surface area (Å²) in [6.45, 7) is 2.51. The lowest BCUT2D eigenvalue weighted by Crippen LogP contribution is -2.15. The highest BCUT2D eigenvalue weighted by Crippen LogP contribution is 2.23. The van der Waals surface area contributed by atoms with Crippen LogP contribution in [0.3, 0.4) is 0 Å². The van der Waals surface area contributed by atoms with Crippen LogP contribution in [0, 0.1) is 0 Å². The molecular formula is C10H14BrNO2S. The molecule has 0 radical (unpaired) electrons.